The Morgan fingerprint density at radius 1 is 0.339 bits per heavy atom. The maximum atomic E-state index is 14.7. The van der Waals surface area contributed by atoms with Crippen molar-refractivity contribution in [1.82, 2.24) is 83.7 Å². The molecule has 0 amide bonds. The zero-order valence-electron chi connectivity index (χ0n) is 65.5. The van der Waals surface area contributed by atoms with Gasteiger partial charge in [-0.3, -0.25) is 34.2 Å². The van der Waals surface area contributed by atoms with Crippen molar-refractivity contribution in [3.05, 3.63) is 354 Å². The maximum Gasteiger partial charge on any atom is 0.260 e. The molecule has 21 rings (SSSR count). The molecule has 27 heteroatoms. The third-order valence-electron chi connectivity index (χ3n) is 21.1. The van der Waals surface area contributed by atoms with Gasteiger partial charge in [0.15, 0.2) is 22.6 Å². The van der Waals surface area contributed by atoms with Gasteiger partial charge in [0.1, 0.15) is 29.1 Å². The molecule has 0 saturated carbocycles. The Balaban J connectivity index is 0.000000113. The zero-order chi connectivity index (χ0) is 85.1. The molecule has 0 spiro atoms. The molecule has 0 bridgehead atoms. The van der Waals surface area contributed by atoms with Crippen LogP contribution in [0.5, 0.6) is 0 Å². The zero-order valence-corrected chi connectivity index (χ0v) is 66.2. The SMILES string of the molecule is Cn1cc(-c2ccc(-c3cc(-c4ccccc4F)nc4ncccc34)c3ccncc23)cn1.Nc1cc2cnccc2c(-c2cc(-c3ccccc3F)nc3ncccc23)n1.O=c1c2cnccc2c(-c2cc(-c3cc(Cl)ccc3F)nc3ncccc23)cn1CCO.O=c1c2cnccc2c(-c2cc(-c3ccccc3F)nc3ncccc23)cn1CCO. The van der Waals surface area contributed by atoms with Gasteiger partial charge in [0.2, 0.25) is 0 Å². The van der Waals surface area contributed by atoms with E-state index in [1.165, 1.54) is 57.9 Å². The van der Waals surface area contributed by atoms with Gasteiger partial charge in [-0.2, -0.15) is 5.10 Å². The van der Waals surface area contributed by atoms with E-state index in [9.17, 15) is 37.4 Å². The van der Waals surface area contributed by atoms with Crippen LogP contribution in [-0.4, -0.2) is 107 Å². The number of benzene rings is 5. The molecular formula is C97H65ClF4N18O4. The van der Waals surface area contributed by atoms with Gasteiger partial charge < -0.3 is 25.1 Å². The normalized spacial score (nSPS) is 11.3. The van der Waals surface area contributed by atoms with Gasteiger partial charge in [-0.1, -0.05) is 60.1 Å². The molecule has 124 heavy (non-hydrogen) atoms. The third kappa shape index (κ3) is 15.6. The standard InChI is InChI=1S/C27H18FN5.C24H16ClFN4O2.C24H17FN4O2.C22H14FN5/c1-33-16-17(14-31-33)18-8-9-19(20-10-12-29-15-24(18)20)23-13-26(22-5-2-3-7-25(22)28)32-27-21(23)6-4-11-30-27;25-14-3-4-21(26)18(10-14)22-11-17(16-2-1-6-28-23(16)29-22)20-13-30(8-9-31)24(32)19-12-27-7-5-15(19)20;25-21-6-2-1-4-17(21)22-12-18(16-5-3-8-27-23(16)28-22)20-14-29(10-11-30)24(31)19-13-26-9-7-15(19)20;23-18-6-2-1-4-16(18)19-11-17(15-5-3-8-26-22(15)27-19)21-14-7-9-25-12-13(14)10-20(24)28-21/h2-16H,1H3;1-7,10-13,31H,8-9H2;1-9,12-14,30H,10-11H2;1-12H,(H2,24,28). The van der Waals surface area contributed by atoms with E-state index in [4.69, 9.17) is 17.3 Å². The Morgan fingerprint density at radius 3 is 1.19 bits per heavy atom. The number of aliphatic hydroxyl groups is 2. The Labute approximate surface area is 706 Å². The van der Waals surface area contributed by atoms with Gasteiger partial charge in [-0.05, 0) is 202 Å². The van der Waals surface area contributed by atoms with Crippen molar-refractivity contribution >= 4 is 105 Å². The minimum absolute atomic E-state index is 0.133. The molecule has 16 aromatic heterocycles. The van der Waals surface area contributed by atoms with Crippen LogP contribution in [0.15, 0.2) is 315 Å². The van der Waals surface area contributed by atoms with Crippen LogP contribution >= 0.6 is 11.6 Å². The number of anilines is 1. The van der Waals surface area contributed by atoms with Crippen molar-refractivity contribution in [2.75, 3.05) is 18.9 Å². The highest BCUT2D eigenvalue weighted by atomic mass is 35.5. The Kier molecular flexibility index (Phi) is 21.9. The summed E-state index contributed by atoms with van der Waals surface area (Å²) in [4.78, 5) is 83.0. The van der Waals surface area contributed by atoms with Gasteiger partial charge >= 0.3 is 0 Å². The number of halogens is 5. The Hall–Kier alpha value is -16.0. The van der Waals surface area contributed by atoms with Gasteiger partial charge in [0.05, 0.1) is 58.7 Å². The number of pyridine rings is 15. The fourth-order valence-corrected chi connectivity index (χ4v) is 15.5. The van der Waals surface area contributed by atoms with Gasteiger partial charge in [-0.15, -0.1) is 0 Å². The number of aryl methyl sites for hydroxylation is 1. The van der Waals surface area contributed by atoms with Crippen LogP contribution < -0.4 is 16.9 Å². The van der Waals surface area contributed by atoms with Crippen molar-refractivity contribution in [3.8, 4) is 101 Å². The molecule has 0 aliphatic heterocycles. The van der Waals surface area contributed by atoms with Crippen molar-refractivity contribution in [2.24, 2.45) is 7.05 Å². The summed E-state index contributed by atoms with van der Waals surface area (Å²) >= 11 is 6.11. The van der Waals surface area contributed by atoms with Crippen LogP contribution in [0, 0.1) is 23.3 Å². The predicted octanol–water partition coefficient (Wildman–Crippen LogP) is 18.9. The van der Waals surface area contributed by atoms with E-state index < -0.39 is 5.82 Å². The van der Waals surface area contributed by atoms with E-state index >= 15 is 0 Å². The van der Waals surface area contributed by atoms with Crippen molar-refractivity contribution < 1.29 is 27.8 Å². The summed E-state index contributed by atoms with van der Waals surface area (Å²) in [5.41, 5.74) is 19.4. The molecule has 0 atom stereocenters. The monoisotopic (exact) mass is 1660 g/mol. The first kappa shape index (κ1) is 79.1. The number of hydrogen-bond acceptors (Lipinski definition) is 19. The minimum atomic E-state index is -0.456. The van der Waals surface area contributed by atoms with Crippen LogP contribution in [0.3, 0.4) is 0 Å². The molecule has 21 aromatic rings. The second-order valence-electron chi connectivity index (χ2n) is 28.6. The van der Waals surface area contributed by atoms with Crippen molar-refractivity contribution in [2.45, 2.75) is 13.1 Å². The lowest BCUT2D eigenvalue weighted by Gasteiger charge is -2.15. The van der Waals surface area contributed by atoms with Gasteiger partial charge in [0.25, 0.3) is 11.1 Å². The second kappa shape index (κ2) is 34.4. The summed E-state index contributed by atoms with van der Waals surface area (Å²) in [6, 6.07) is 59.7. The average molecular weight is 1660 g/mol. The lowest BCUT2D eigenvalue weighted by Crippen LogP contribution is -2.22. The molecule has 0 fully saturated rings. The summed E-state index contributed by atoms with van der Waals surface area (Å²) in [5.74, 6) is -1.10. The first-order valence-electron chi connectivity index (χ1n) is 38.9. The van der Waals surface area contributed by atoms with Crippen molar-refractivity contribution in [1.29, 1.82) is 0 Å². The number of nitrogen functional groups attached to an aromatic ring is 1. The second-order valence-corrected chi connectivity index (χ2v) is 29.1. The van der Waals surface area contributed by atoms with Crippen LogP contribution in [0.25, 0.3) is 188 Å². The molecule has 0 radical (unpaired) electrons. The number of nitrogens with zero attached hydrogens (tertiary/aromatic N) is 17. The number of fused-ring (bicyclic) bond motifs is 8. The molecule has 602 valence electrons. The largest absolute Gasteiger partial charge is 0.395 e. The van der Waals surface area contributed by atoms with Crippen LogP contribution in [0.1, 0.15) is 0 Å². The average Bonchev–Trinajstić information content (AvgIpc) is 0.803. The molecule has 4 N–H and O–H groups in total. The Morgan fingerprint density at radius 2 is 0.734 bits per heavy atom. The molecule has 16 heterocycles. The summed E-state index contributed by atoms with van der Waals surface area (Å²) in [6.07, 6.45) is 27.3. The quantitative estimate of drug-likeness (QED) is 0.0904. The lowest BCUT2D eigenvalue weighted by atomic mass is 9.92. The fraction of sp³-hybridized carbons (Fsp3) is 0.0515. The molecule has 22 nitrogen and oxygen atoms in total. The highest BCUT2D eigenvalue weighted by Crippen LogP contribution is 2.43. The molecular weight excluding hydrogens is 1590 g/mol. The Bertz CT molecular complexity index is 7900. The van der Waals surface area contributed by atoms with E-state index in [0.717, 1.165) is 93.2 Å². The van der Waals surface area contributed by atoms with Gasteiger partial charge in [-0.25, -0.2) is 62.4 Å². The molecule has 0 aliphatic carbocycles. The summed E-state index contributed by atoms with van der Waals surface area (Å²) in [7, 11) is 1.90. The molecule has 0 saturated heterocycles. The summed E-state index contributed by atoms with van der Waals surface area (Å²) in [5, 5.41) is 32.9. The van der Waals surface area contributed by atoms with E-state index in [0.29, 0.717) is 100 Å². The van der Waals surface area contributed by atoms with E-state index in [-0.39, 0.29) is 60.4 Å². The van der Waals surface area contributed by atoms with Crippen LogP contribution in [0.4, 0.5) is 23.4 Å². The minimum Gasteiger partial charge on any atom is -0.395 e. The van der Waals surface area contributed by atoms with Crippen LogP contribution in [0.2, 0.25) is 5.02 Å². The van der Waals surface area contributed by atoms with E-state index in [1.54, 1.807) is 152 Å². The molecule has 0 aliphatic rings. The number of rotatable bonds is 13. The lowest BCUT2D eigenvalue weighted by molar-refractivity contribution is 0.274. The highest BCUT2D eigenvalue weighted by molar-refractivity contribution is 6.31. The predicted molar refractivity (Wildman–Crippen MR) is 475 cm³/mol. The van der Waals surface area contributed by atoms with E-state index in [1.807, 2.05) is 105 Å². The van der Waals surface area contributed by atoms with Crippen LogP contribution in [-0.2, 0) is 20.1 Å². The number of aliphatic hydroxyl groups excluding tert-OH is 2. The summed E-state index contributed by atoms with van der Waals surface area (Å²) in [6.45, 7) is -0.0845. The number of aromatic nitrogens is 17. The first-order chi connectivity index (χ1) is 60.6. The number of hydrogen-bond donors (Lipinski definition) is 3. The highest BCUT2D eigenvalue weighted by Gasteiger charge is 2.24. The van der Waals surface area contributed by atoms with Gasteiger partial charge in [0, 0.05) is 200 Å². The van der Waals surface area contributed by atoms with E-state index in [2.05, 4.69) is 82.0 Å². The first-order valence-corrected chi connectivity index (χ1v) is 39.3. The summed E-state index contributed by atoms with van der Waals surface area (Å²) < 4.78 is 62.9. The number of nitrogens with two attached hydrogens (primary N) is 1. The maximum absolute atomic E-state index is 14.7. The molecule has 0 unspecified atom stereocenters. The smallest absolute Gasteiger partial charge is 0.260 e. The molecule has 5 aromatic carbocycles. The van der Waals surface area contributed by atoms with Crippen molar-refractivity contribution in [3.63, 3.8) is 0 Å². The third-order valence-corrected chi connectivity index (χ3v) is 21.3. The fourth-order valence-electron chi connectivity index (χ4n) is 15.4. The topological polar surface area (TPSA) is 296 Å².